The van der Waals surface area contributed by atoms with Crippen molar-refractivity contribution in [3.8, 4) is 0 Å². The smallest absolute Gasteiger partial charge is 0.309 e. The van der Waals surface area contributed by atoms with Crippen molar-refractivity contribution >= 4 is 11.9 Å². The molecule has 0 aliphatic carbocycles. The molecular weight excluding hydrogens is 174 g/mol. The summed E-state index contributed by atoms with van der Waals surface area (Å²) in [5, 5.41) is 13.1. The van der Waals surface area contributed by atoms with Gasteiger partial charge in [-0.05, 0) is 12.8 Å². The highest BCUT2D eigenvalue weighted by molar-refractivity contribution is 5.74. The van der Waals surface area contributed by atoms with Crippen molar-refractivity contribution in [3.63, 3.8) is 0 Å². The first-order chi connectivity index (χ1) is 6.15. The van der Waals surface area contributed by atoms with Crippen LogP contribution in [0.25, 0.3) is 0 Å². The number of carboxylic acids is 1. The van der Waals surface area contributed by atoms with Crippen LogP contribution in [0.15, 0.2) is 0 Å². The third-order valence-electron chi connectivity index (χ3n) is 2.23. The van der Waals surface area contributed by atoms with Crippen molar-refractivity contribution in [2.75, 3.05) is 13.7 Å². The molecule has 1 saturated heterocycles. The van der Waals surface area contributed by atoms with E-state index >= 15 is 0 Å². The lowest BCUT2D eigenvalue weighted by molar-refractivity contribution is -0.309. The third kappa shape index (κ3) is 2.42. The molecule has 74 valence electrons. The van der Waals surface area contributed by atoms with E-state index in [9.17, 15) is 14.7 Å². The standard InChI is InChI=1S/C8H13NO4/c1-13-8(12)5-2-3-6(7(10)11)9-4-5/h5-6,9H,2-4H2,1H3,(H,10,11)/p-1/t5-,6+/m0/s1. The summed E-state index contributed by atoms with van der Waals surface area (Å²) in [5.74, 6) is -1.62. The second-order valence-corrected chi connectivity index (χ2v) is 3.08. The van der Waals surface area contributed by atoms with Crippen molar-refractivity contribution < 1.29 is 19.4 Å². The van der Waals surface area contributed by atoms with Gasteiger partial charge in [0.15, 0.2) is 0 Å². The van der Waals surface area contributed by atoms with Crippen LogP contribution >= 0.6 is 0 Å². The van der Waals surface area contributed by atoms with Crippen molar-refractivity contribution in [2.45, 2.75) is 18.9 Å². The van der Waals surface area contributed by atoms with Crippen molar-refractivity contribution in [3.05, 3.63) is 0 Å². The monoisotopic (exact) mass is 186 g/mol. The lowest BCUT2D eigenvalue weighted by atomic mass is 9.95. The van der Waals surface area contributed by atoms with Crippen molar-refractivity contribution in [2.24, 2.45) is 5.92 Å². The summed E-state index contributed by atoms with van der Waals surface area (Å²) >= 11 is 0. The number of carbonyl (C=O) groups excluding carboxylic acids is 2. The van der Waals surface area contributed by atoms with Gasteiger partial charge in [-0.2, -0.15) is 0 Å². The predicted molar refractivity (Wildman–Crippen MR) is 41.5 cm³/mol. The van der Waals surface area contributed by atoms with E-state index < -0.39 is 12.0 Å². The Morgan fingerprint density at radius 3 is 2.54 bits per heavy atom. The summed E-state index contributed by atoms with van der Waals surface area (Å²) in [6.45, 7) is 0.353. The van der Waals surface area contributed by atoms with Crippen molar-refractivity contribution in [1.29, 1.82) is 0 Å². The summed E-state index contributed by atoms with van der Waals surface area (Å²) in [7, 11) is 1.33. The maximum absolute atomic E-state index is 11.0. The maximum atomic E-state index is 11.0. The number of ether oxygens (including phenoxy) is 1. The SMILES string of the molecule is COC(=O)[C@H]1CC[C@H](C(=O)[O-])NC1. The molecule has 0 bridgehead atoms. The van der Waals surface area contributed by atoms with Crippen LogP contribution in [-0.4, -0.2) is 31.6 Å². The molecule has 0 radical (unpaired) electrons. The van der Waals surface area contributed by atoms with Crippen LogP contribution in [0.5, 0.6) is 0 Å². The van der Waals surface area contributed by atoms with E-state index in [1.165, 1.54) is 7.11 Å². The molecule has 0 saturated carbocycles. The van der Waals surface area contributed by atoms with Gasteiger partial charge < -0.3 is 20.0 Å². The van der Waals surface area contributed by atoms with Crippen LogP contribution in [0, 0.1) is 5.92 Å². The molecule has 0 unspecified atom stereocenters. The Morgan fingerprint density at radius 2 is 2.15 bits per heavy atom. The average Bonchev–Trinajstić information content (AvgIpc) is 2.17. The number of carboxylic acid groups (broad SMARTS) is 1. The van der Waals surface area contributed by atoms with Crippen LogP contribution in [-0.2, 0) is 14.3 Å². The van der Waals surface area contributed by atoms with E-state index in [4.69, 9.17) is 0 Å². The summed E-state index contributed by atoms with van der Waals surface area (Å²) in [5.41, 5.74) is 0. The number of rotatable bonds is 2. The third-order valence-corrected chi connectivity index (χ3v) is 2.23. The largest absolute Gasteiger partial charge is 0.548 e. The minimum Gasteiger partial charge on any atom is -0.548 e. The Hall–Kier alpha value is -1.10. The molecule has 0 aromatic rings. The van der Waals surface area contributed by atoms with Gasteiger partial charge in [0.1, 0.15) is 0 Å². The zero-order valence-corrected chi connectivity index (χ0v) is 7.41. The molecule has 13 heavy (non-hydrogen) atoms. The molecule has 1 aliphatic rings. The highest BCUT2D eigenvalue weighted by atomic mass is 16.5. The second-order valence-electron chi connectivity index (χ2n) is 3.08. The molecule has 0 aromatic heterocycles. The quantitative estimate of drug-likeness (QED) is 0.519. The maximum Gasteiger partial charge on any atom is 0.309 e. The lowest BCUT2D eigenvalue weighted by Gasteiger charge is -2.28. The topological polar surface area (TPSA) is 78.5 Å². The number of aliphatic carboxylic acids is 1. The predicted octanol–water partition coefficient (Wildman–Crippen LogP) is -1.72. The van der Waals surface area contributed by atoms with E-state index in [2.05, 4.69) is 10.1 Å². The zero-order chi connectivity index (χ0) is 9.84. The Kier molecular flexibility index (Phi) is 3.25. The number of methoxy groups -OCH3 is 1. The first-order valence-corrected chi connectivity index (χ1v) is 4.17. The fourth-order valence-corrected chi connectivity index (χ4v) is 1.43. The van der Waals surface area contributed by atoms with Gasteiger partial charge in [0.25, 0.3) is 0 Å². The molecule has 0 amide bonds. The first-order valence-electron chi connectivity index (χ1n) is 4.17. The molecule has 0 aromatic carbocycles. The normalized spacial score (nSPS) is 28.1. The molecule has 5 heteroatoms. The summed E-state index contributed by atoms with van der Waals surface area (Å²) in [4.78, 5) is 21.4. The molecule has 0 spiro atoms. The van der Waals surface area contributed by atoms with Gasteiger partial charge in [-0.25, -0.2) is 0 Å². The molecule has 1 fully saturated rings. The van der Waals surface area contributed by atoms with Gasteiger partial charge in [-0.15, -0.1) is 0 Å². The van der Waals surface area contributed by atoms with Crippen LogP contribution in [0.4, 0.5) is 0 Å². The summed E-state index contributed by atoms with van der Waals surface area (Å²) < 4.78 is 4.54. The number of piperidine rings is 1. The number of hydrogen-bond donors (Lipinski definition) is 1. The van der Waals surface area contributed by atoms with E-state index in [0.717, 1.165) is 0 Å². The average molecular weight is 186 g/mol. The van der Waals surface area contributed by atoms with E-state index in [0.29, 0.717) is 19.4 Å². The Morgan fingerprint density at radius 1 is 1.46 bits per heavy atom. The molecule has 1 heterocycles. The van der Waals surface area contributed by atoms with Crippen LogP contribution in [0.1, 0.15) is 12.8 Å². The number of nitrogens with one attached hydrogen (secondary N) is 1. The fourth-order valence-electron chi connectivity index (χ4n) is 1.43. The first kappa shape index (κ1) is 9.98. The molecule has 2 atom stereocenters. The van der Waals surface area contributed by atoms with Gasteiger partial charge in [-0.3, -0.25) is 4.79 Å². The number of hydrogen-bond acceptors (Lipinski definition) is 5. The Balaban J connectivity index is 2.39. The van der Waals surface area contributed by atoms with E-state index in [1.54, 1.807) is 0 Å². The van der Waals surface area contributed by atoms with E-state index in [1.807, 2.05) is 0 Å². The van der Waals surface area contributed by atoms with Crippen LogP contribution in [0.2, 0.25) is 0 Å². The van der Waals surface area contributed by atoms with Gasteiger partial charge in [0, 0.05) is 12.6 Å². The van der Waals surface area contributed by atoms with Gasteiger partial charge >= 0.3 is 5.97 Å². The summed E-state index contributed by atoms with van der Waals surface area (Å²) in [6, 6.07) is -0.624. The van der Waals surface area contributed by atoms with Gasteiger partial charge in [0.2, 0.25) is 0 Å². The lowest BCUT2D eigenvalue weighted by Crippen LogP contribution is -2.51. The molecule has 1 N–H and O–H groups in total. The highest BCUT2D eigenvalue weighted by Crippen LogP contribution is 2.14. The van der Waals surface area contributed by atoms with Crippen LogP contribution in [0.3, 0.4) is 0 Å². The summed E-state index contributed by atoms with van der Waals surface area (Å²) in [6.07, 6.45) is 0.959. The molecular formula is C8H12NO4-. The number of esters is 1. The highest BCUT2D eigenvalue weighted by Gasteiger charge is 2.26. The number of carbonyl (C=O) groups is 2. The van der Waals surface area contributed by atoms with Crippen LogP contribution < -0.4 is 10.4 Å². The van der Waals surface area contributed by atoms with Crippen molar-refractivity contribution in [1.82, 2.24) is 5.32 Å². The molecule has 1 aliphatic heterocycles. The molecule has 5 nitrogen and oxygen atoms in total. The molecule has 1 rings (SSSR count). The Bertz CT molecular complexity index is 208. The van der Waals surface area contributed by atoms with E-state index in [-0.39, 0.29) is 11.9 Å². The zero-order valence-electron chi connectivity index (χ0n) is 7.41. The second kappa shape index (κ2) is 4.23. The Labute approximate surface area is 76.1 Å². The fraction of sp³-hybridized carbons (Fsp3) is 0.750. The van der Waals surface area contributed by atoms with Gasteiger partial charge in [-0.1, -0.05) is 0 Å². The minimum absolute atomic E-state index is 0.222. The van der Waals surface area contributed by atoms with Gasteiger partial charge in [0.05, 0.1) is 19.0 Å². The minimum atomic E-state index is -1.11.